The minimum atomic E-state index is -0.0657. The van der Waals surface area contributed by atoms with Crippen molar-refractivity contribution in [3.05, 3.63) is 23.3 Å². The summed E-state index contributed by atoms with van der Waals surface area (Å²) in [5, 5.41) is 6.33. The molecule has 2 heterocycles. The van der Waals surface area contributed by atoms with E-state index in [2.05, 4.69) is 25.5 Å². The summed E-state index contributed by atoms with van der Waals surface area (Å²) < 4.78 is 0. The number of nitrogens with one attached hydrogen (secondary N) is 2. The summed E-state index contributed by atoms with van der Waals surface area (Å²) in [4.78, 5) is 23.3. The first kappa shape index (κ1) is 19.8. The van der Waals surface area contributed by atoms with Crippen molar-refractivity contribution in [1.82, 2.24) is 25.5 Å². The lowest BCUT2D eigenvalue weighted by Crippen LogP contribution is -2.44. The largest absolute Gasteiger partial charge is 0.352 e. The third kappa shape index (κ3) is 6.05. The van der Waals surface area contributed by atoms with E-state index in [9.17, 15) is 4.79 Å². The molecule has 1 amide bonds. The minimum absolute atomic E-state index is 0. The van der Waals surface area contributed by atoms with Gasteiger partial charge in [0.15, 0.2) is 0 Å². The van der Waals surface area contributed by atoms with E-state index in [1.54, 1.807) is 6.20 Å². The van der Waals surface area contributed by atoms with Crippen LogP contribution in [-0.4, -0.2) is 60.0 Å². The van der Waals surface area contributed by atoms with Crippen LogP contribution in [0.4, 0.5) is 0 Å². The Balaban J connectivity index is 0.00000264. The highest BCUT2D eigenvalue weighted by atomic mass is 35.5. The third-order valence-corrected chi connectivity index (χ3v) is 3.88. The first-order valence-corrected chi connectivity index (χ1v) is 8.12. The lowest BCUT2D eigenvalue weighted by atomic mass is 10.0. The molecule has 2 rings (SSSR count). The fourth-order valence-corrected chi connectivity index (χ4v) is 2.64. The van der Waals surface area contributed by atoms with Crippen molar-refractivity contribution in [3.63, 3.8) is 0 Å². The Morgan fingerprint density at radius 2 is 2.09 bits per heavy atom. The van der Waals surface area contributed by atoms with Gasteiger partial charge in [-0.1, -0.05) is 13.8 Å². The highest BCUT2D eigenvalue weighted by Gasteiger charge is 2.16. The van der Waals surface area contributed by atoms with E-state index in [1.165, 1.54) is 0 Å². The molecule has 0 aliphatic carbocycles. The minimum Gasteiger partial charge on any atom is -0.352 e. The van der Waals surface area contributed by atoms with E-state index in [-0.39, 0.29) is 24.2 Å². The molecule has 1 aliphatic rings. The number of piperazine rings is 1. The molecule has 0 radical (unpaired) electrons. The Morgan fingerprint density at radius 1 is 1.39 bits per heavy atom. The molecule has 1 aromatic rings. The molecule has 1 aliphatic heterocycles. The number of halogens is 1. The van der Waals surface area contributed by atoms with Gasteiger partial charge >= 0.3 is 0 Å². The Bertz CT molecular complexity index is 503. The smallest absolute Gasteiger partial charge is 0.254 e. The molecule has 0 bridgehead atoms. The normalized spacial score (nSPS) is 15.3. The predicted molar refractivity (Wildman–Crippen MR) is 94.4 cm³/mol. The lowest BCUT2D eigenvalue weighted by molar-refractivity contribution is 0.0949. The molecule has 0 saturated carbocycles. The van der Waals surface area contributed by atoms with Gasteiger partial charge in [-0.25, -0.2) is 9.97 Å². The Hall–Kier alpha value is -1.24. The van der Waals surface area contributed by atoms with E-state index in [0.29, 0.717) is 17.9 Å². The molecule has 0 atom stereocenters. The number of hydrogen-bond donors (Lipinski definition) is 2. The number of carbonyl (C=O) groups is 1. The topological polar surface area (TPSA) is 70.2 Å². The van der Waals surface area contributed by atoms with Gasteiger partial charge in [-0.05, 0) is 25.8 Å². The lowest BCUT2D eigenvalue weighted by Gasteiger charge is -2.27. The monoisotopic (exact) mass is 341 g/mol. The van der Waals surface area contributed by atoms with Crippen LogP contribution in [0, 0.1) is 6.92 Å². The first-order chi connectivity index (χ1) is 10.6. The molecule has 1 fully saturated rings. The van der Waals surface area contributed by atoms with Gasteiger partial charge in [0, 0.05) is 38.9 Å². The molecule has 2 N–H and O–H groups in total. The SMILES string of the molecule is Cc1ncc(C(=O)NCCCN2CCNCC2)c(C(C)C)n1.Cl. The van der Waals surface area contributed by atoms with Crippen LogP contribution in [-0.2, 0) is 0 Å². The van der Waals surface area contributed by atoms with Gasteiger partial charge in [-0.2, -0.15) is 0 Å². The molecular weight excluding hydrogens is 314 g/mol. The average Bonchev–Trinajstić information content (AvgIpc) is 2.52. The van der Waals surface area contributed by atoms with Crippen molar-refractivity contribution in [2.45, 2.75) is 33.1 Å². The van der Waals surface area contributed by atoms with Crippen LogP contribution in [0.15, 0.2) is 6.20 Å². The van der Waals surface area contributed by atoms with E-state index < -0.39 is 0 Å². The fraction of sp³-hybridized carbons (Fsp3) is 0.688. The van der Waals surface area contributed by atoms with Gasteiger partial charge in [0.05, 0.1) is 11.3 Å². The second kappa shape index (κ2) is 9.80. The summed E-state index contributed by atoms with van der Waals surface area (Å²) in [5.41, 5.74) is 1.43. The predicted octanol–water partition coefficient (Wildman–Crippen LogP) is 1.36. The second-order valence-electron chi connectivity index (χ2n) is 6.07. The zero-order valence-corrected chi connectivity index (χ0v) is 15.1. The number of rotatable bonds is 6. The molecule has 1 aromatic heterocycles. The van der Waals surface area contributed by atoms with Crippen molar-refractivity contribution >= 4 is 18.3 Å². The number of nitrogens with zero attached hydrogens (tertiary/aromatic N) is 3. The maximum Gasteiger partial charge on any atom is 0.254 e. The maximum absolute atomic E-state index is 12.3. The molecule has 0 aromatic carbocycles. The summed E-state index contributed by atoms with van der Waals surface area (Å²) in [7, 11) is 0. The number of aromatic nitrogens is 2. The zero-order valence-electron chi connectivity index (χ0n) is 14.3. The Kier molecular flexibility index (Phi) is 8.44. The summed E-state index contributed by atoms with van der Waals surface area (Å²) >= 11 is 0. The Morgan fingerprint density at radius 3 is 2.74 bits per heavy atom. The van der Waals surface area contributed by atoms with E-state index in [4.69, 9.17) is 0 Å². The maximum atomic E-state index is 12.3. The Labute approximate surface area is 144 Å². The number of aryl methyl sites for hydroxylation is 1. The van der Waals surface area contributed by atoms with Crippen LogP contribution >= 0.6 is 12.4 Å². The van der Waals surface area contributed by atoms with Gasteiger partial charge in [0.25, 0.3) is 5.91 Å². The molecule has 7 heteroatoms. The van der Waals surface area contributed by atoms with Crippen molar-refractivity contribution in [2.24, 2.45) is 0 Å². The van der Waals surface area contributed by atoms with Gasteiger partial charge < -0.3 is 15.5 Å². The van der Waals surface area contributed by atoms with Crippen LogP contribution in [0.1, 0.15) is 48.1 Å². The van der Waals surface area contributed by atoms with Crippen LogP contribution < -0.4 is 10.6 Å². The van der Waals surface area contributed by atoms with Crippen LogP contribution in [0.2, 0.25) is 0 Å². The average molecular weight is 342 g/mol. The molecule has 0 unspecified atom stereocenters. The highest BCUT2D eigenvalue weighted by molar-refractivity contribution is 5.95. The van der Waals surface area contributed by atoms with Crippen molar-refractivity contribution in [1.29, 1.82) is 0 Å². The number of hydrogen-bond acceptors (Lipinski definition) is 5. The summed E-state index contributed by atoms with van der Waals surface area (Å²) in [6.45, 7) is 12.0. The summed E-state index contributed by atoms with van der Waals surface area (Å²) in [6.07, 6.45) is 2.61. The van der Waals surface area contributed by atoms with Crippen LogP contribution in [0.5, 0.6) is 0 Å². The molecule has 0 spiro atoms. The second-order valence-corrected chi connectivity index (χ2v) is 6.07. The van der Waals surface area contributed by atoms with E-state index in [0.717, 1.165) is 44.8 Å². The van der Waals surface area contributed by atoms with E-state index in [1.807, 2.05) is 20.8 Å². The number of carbonyl (C=O) groups excluding carboxylic acids is 1. The fourth-order valence-electron chi connectivity index (χ4n) is 2.64. The standard InChI is InChI=1S/C16H27N5O.ClH/c1-12(2)15-14(11-19-13(3)20-15)16(22)18-5-4-8-21-9-6-17-7-10-21;/h11-12,17H,4-10H2,1-3H3,(H,18,22);1H. The van der Waals surface area contributed by atoms with Gasteiger partial charge in [-0.3, -0.25) is 4.79 Å². The van der Waals surface area contributed by atoms with Crippen LogP contribution in [0.3, 0.4) is 0 Å². The third-order valence-electron chi connectivity index (χ3n) is 3.88. The quantitative estimate of drug-likeness (QED) is 0.764. The van der Waals surface area contributed by atoms with Gasteiger partial charge in [0.2, 0.25) is 0 Å². The van der Waals surface area contributed by atoms with Crippen LogP contribution in [0.25, 0.3) is 0 Å². The summed E-state index contributed by atoms with van der Waals surface area (Å²) in [6, 6.07) is 0. The zero-order chi connectivity index (χ0) is 15.9. The highest BCUT2D eigenvalue weighted by Crippen LogP contribution is 2.16. The number of amides is 1. The molecule has 23 heavy (non-hydrogen) atoms. The van der Waals surface area contributed by atoms with Crippen molar-refractivity contribution in [3.8, 4) is 0 Å². The van der Waals surface area contributed by atoms with Crippen molar-refractivity contribution < 1.29 is 4.79 Å². The summed E-state index contributed by atoms with van der Waals surface area (Å²) in [5.74, 6) is 0.853. The van der Waals surface area contributed by atoms with Crippen molar-refractivity contribution in [2.75, 3.05) is 39.3 Å². The van der Waals surface area contributed by atoms with Gasteiger partial charge in [0.1, 0.15) is 5.82 Å². The first-order valence-electron chi connectivity index (χ1n) is 8.12. The molecule has 1 saturated heterocycles. The van der Waals surface area contributed by atoms with E-state index >= 15 is 0 Å². The van der Waals surface area contributed by atoms with Gasteiger partial charge in [-0.15, -0.1) is 12.4 Å². The molecular formula is C16H28ClN5O. The molecule has 6 nitrogen and oxygen atoms in total. The molecule has 130 valence electrons.